The van der Waals surface area contributed by atoms with E-state index in [1.165, 1.54) is 0 Å². The van der Waals surface area contributed by atoms with Crippen LogP contribution < -0.4 is 10.6 Å². The molecule has 124 valence electrons. The van der Waals surface area contributed by atoms with E-state index in [2.05, 4.69) is 10.6 Å². The van der Waals surface area contributed by atoms with Crippen LogP contribution in [-0.4, -0.2) is 54.0 Å². The molecule has 2 amide bonds. The Bertz CT molecular complexity index is 587. The average Bonchev–Trinajstić information content (AvgIpc) is 3.23. The number of aryl methyl sites for hydroxylation is 1. The van der Waals surface area contributed by atoms with E-state index in [4.69, 9.17) is 0 Å². The fourth-order valence-corrected chi connectivity index (χ4v) is 4.04. The topological polar surface area (TPSA) is 61.4 Å². The minimum Gasteiger partial charge on any atom is -0.352 e. The van der Waals surface area contributed by atoms with Gasteiger partial charge in [0, 0.05) is 31.0 Å². The molecule has 0 aromatic heterocycles. The molecule has 2 atom stereocenters. The monoisotopic (exact) mass is 333 g/mol. The molecule has 1 aromatic carbocycles. The van der Waals surface area contributed by atoms with Gasteiger partial charge in [-0.1, -0.05) is 17.7 Å². The lowest BCUT2D eigenvalue weighted by Gasteiger charge is -2.19. The van der Waals surface area contributed by atoms with Crippen molar-refractivity contribution in [2.45, 2.75) is 19.4 Å². The highest BCUT2D eigenvalue weighted by Crippen LogP contribution is 2.20. The largest absolute Gasteiger partial charge is 0.352 e. The Balaban J connectivity index is 1.46. The lowest BCUT2D eigenvalue weighted by atomic mass is 10.0. The zero-order valence-electron chi connectivity index (χ0n) is 13.4. The molecule has 2 saturated heterocycles. The summed E-state index contributed by atoms with van der Waals surface area (Å²) >= 11 is 1.80. The van der Waals surface area contributed by atoms with Crippen molar-refractivity contribution in [3.8, 4) is 0 Å². The summed E-state index contributed by atoms with van der Waals surface area (Å²) in [4.78, 5) is 26.4. The number of carbonyl (C=O) groups excluding carboxylic acids is 2. The fourth-order valence-electron chi connectivity index (χ4n) is 3.09. The number of nitrogens with zero attached hydrogens (tertiary/aromatic N) is 1. The fraction of sp³-hybridized carbons (Fsp3) is 0.529. The average molecular weight is 333 g/mol. The lowest BCUT2D eigenvalue weighted by Crippen LogP contribution is -2.42. The van der Waals surface area contributed by atoms with E-state index in [1.54, 1.807) is 11.8 Å². The summed E-state index contributed by atoms with van der Waals surface area (Å²) in [5, 5.41) is 6.29. The van der Waals surface area contributed by atoms with Crippen LogP contribution in [0.25, 0.3) is 0 Å². The zero-order chi connectivity index (χ0) is 16.2. The summed E-state index contributed by atoms with van der Waals surface area (Å²) in [7, 11) is 0. The standard InChI is InChI=1S/C17H23N3O2S/c1-12-3-2-4-14(7-12)16(21)19-10-13-8-15(18-9-13)17(22)20-5-6-23-11-20/h2-4,7,13,15,18H,5-6,8-11H2,1H3,(H,19,21)/t13-,15-/m0/s1. The van der Waals surface area contributed by atoms with Crippen molar-refractivity contribution in [2.75, 3.05) is 31.3 Å². The van der Waals surface area contributed by atoms with Gasteiger partial charge in [0.25, 0.3) is 5.91 Å². The molecule has 0 unspecified atom stereocenters. The molecule has 3 rings (SSSR count). The Hall–Kier alpha value is -1.53. The number of hydrogen-bond acceptors (Lipinski definition) is 4. The van der Waals surface area contributed by atoms with Crippen molar-refractivity contribution < 1.29 is 9.59 Å². The highest BCUT2D eigenvalue weighted by atomic mass is 32.2. The van der Waals surface area contributed by atoms with E-state index in [0.29, 0.717) is 18.0 Å². The van der Waals surface area contributed by atoms with Crippen LogP contribution in [0.15, 0.2) is 24.3 Å². The quantitative estimate of drug-likeness (QED) is 0.870. The van der Waals surface area contributed by atoms with E-state index >= 15 is 0 Å². The van der Waals surface area contributed by atoms with Gasteiger partial charge >= 0.3 is 0 Å². The maximum atomic E-state index is 12.4. The molecule has 0 spiro atoms. The van der Waals surface area contributed by atoms with Crippen molar-refractivity contribution in [3.63, 3.8) is 0 Å². The first-order valence-electron chi connectivity index (χ1n) is 8.08. The second kappa shape index (κ2) is 7.36. The summed E-state index contributed by atoms with van der Waals surface area (Å²) in [5.74, 6) is 2.33. The van der Waals surface area contributed by atoms with Gasteiger partial charge in [0.15, 0.2) is 0 Å². The lowest BCUT2D eigenvalue weighted by molar-refractivity contribution is -0.131. The second-order valence-electron chi connectivity index (χ2n) is 6.28. The first kappa shape index (κ1) is 16.3. The van der Waals surface area contributed by atoms with Crippen molar-refractivity contribution in [2.24, 2.45) is 5.92 Å². The minimum absolute atomic E-state index is 0.0422. The molecule has 6 heteroatoms. The summed E-state index contributed by atoms with van der Waals surface area (Å²) < 4.78 is 0. The first-order valence-corrected chi connectivity index (χ1v) is 9.24. The zero-order valence-corrected chi connectivity index (χ0v) is 14.2. The number of carbonyl (C=O) groups is 2. The number of rotatable bonds is 4. The number of thioether (sulfide) groups is 1. The van der Waals surface area contributed by atoms with Crippen LogP contribution in [-0.2, 0) is 4.79 Å². The molecule has 2 fully saturated rings. The predicted octanol–water partition coefficient (Wildman–Crippen LogP) is 1.24. The summed E-state index contributed by atoms with van der Waals surface area (Å²) in [6.45, 7) is 4.23. The van der Waals surface area contributed by atoms with Crippen molar-refractivity contribution in [3.05, 3.63) is 35.4 Å². The van der Waals surface area contributed by atoms with Gasteiger partial charge in [-0.2, -0.15) is 0 Å². The van der Waals surface area contributed by atoms with Gasteiger partial charge in [0.05, 0.1) is 11.9 Å². The summed E-state index contributed by atoms with van der Waals surface area (Å²) in [5.41, 5.74) is 1.77. The minimum atomic E-state index is -0.0884. The number of amides is 2. The van der Waals surface area contributed by atoms with Gasteiger partial charge in [-0.3, -0.25) is 9.59 Å². The molecule has 2 aliphatic rings. The molecule has 2 aliphatic heterocycles. The molecular weight excluding hydrogens is 310 g/mol. The van der Waals surface area contributed by atoms with E-state index in [0.717, 1.165) is 36.7 Å². The third kappa shape index (κ3) is 4.06. The molecule has 23 heavy (non-hydrogen) atoms. The summed E-state index contributed by atoms with van der Waals surface area (Å²) in [6, 6.07) is 7.50. The van der Waals surface area contributed by atoms with Crippen LogP contribution in [0.2, 0.25) is 0 Å². The molecule has 0 aliphatic carbocycles. The SMILES string of the molecule is Cc1cccc(C(=O)NC[C@@H]2CN[C@H](C(=O)N3CCSC3)C2)c1. The Morgan fingerprint density at radius 2 is 2.30 bits per heavy atom. The Kier molecular flexibility index (Phi) is 5.23. The van der Waals surface area contributed by atoms with Crippen LogP contribution in [0, 0.1) is 12.8 Å². The Labute approximate surface area is 141 Å². The van der Waals surface area contributed by atoms with Gasteiger partial charge in [-0.25, -0.2) is 0 Å². The molecule has 0 saturated carbocycles. The van der Waals surface area contributed by atoms with E-state index < -0.39 is 0 Å². The number of benzene rings is 1. The molecule has 0 radical (unpaired) electrons. The maximum absolute atomic E-state index is 12.4. The first-order chi connectivity index (χ1) is 11.1. The molecule has 2 heterocycles. The Morgan fingerprint density at radius 1 is 1.43 bits per heavy atom. The molecular formula is C17H23N3O2S. The van der Waals surface area contributed by atoms with Gasteiger partial charge in [0.2, 0.25) is 5.91 Å². The van der Waals surface area contributed by atoms with E-state index in [-0.39, 0.29) is 17.9 Å². The third-order valence-corrected chi connectivity index (χ3v) is 5.38. The summed E-state index contributed by atoms with van der Waals surface area (Å²) in [6.07, 6.45) is 0.800. The van der Waals surface area contributed by atoms with Crippen LogP contribution in [0.3, 0.4) is 0 Å². The maximum Gasteiger partial charge on any atom is 0.251 e. The number of nitrogens with one attached hydrogen (secondary N) is 2. The second-order valence-corrected chi connectivity index (χ2v) is 7.36. The normalized spacial score (nSPS) is 24.0. The van der Waals surface area contributed by atoms with Crippen molar-refractivity contribution in [1.29, 1.82) is 0 Å². The van der Waals surface area contributed by atoms with Crippen molar-refractivity contribution >= 4 is 23.6 Å². The van der Waals surface area contributed by atoms with Crippen LogP contribution in [0.4, 0.5) is 0 Å². The van der Waals surface area contributed by atoms with Crippen LogP contribution in [0.5, 0.6) is 0 Å². The molecule has 1 aromatic rings. The molecule has 0 bridgehead atoms. The van der Waals surface area contributed by atoms with Gasteiger partial charge < -0.3 is 15.5 Å². The third-order valence-electron chi connectivity index (χ3n) is 4.42. The highest BCUT2D eigenvalue weighted by molar-refractivity contribution is 7.99. The van der Waals surface area contributed by atoms with E-state index in [1.807, 2.05) is 36.1 Å². The predicted molar refractivity (Wildman–Crippen MR) is 92.4 cm³/mol. The smallest absolute Gasteiger partial charge is 0.251 e. The molecule has 2 N–H and O–H groups in total. The highest BCUT2D eigenvalue weighted by Gasteiger charge is 2.33. The van der Waals surface area contributed by atoms with Gasteiger partial charge in [-0.15, -0.1) is 11.8 Å². The van der Waals surface area contributed by atoms with Gasteiger partial charge in [-0.05, 0) is 31.4 Å². The van der Waals surface area contributed by atoms with E-state index in [9.17, 15) is 9.59 Å². The van der Waals surface area contributed by atoms with Crippen LogP contribution >= 0.6 is 11.8 Å². The number of hydrogen-bond donors (Lipinski definition) is 2. The Morgan fingerprint density at radius 3 is 3.04 bits per heavy atom. The van der Waals surface area contributed by atoms with Gasteiger partial charge in [0.1, 0.15) is 0 Å². The van der Waals surface area contributed by atoms with Crippen molar-refractivity contribution in [1.82, 2.24) is 15.5 Å². The molecule has 5 nitrogen and oxygen atoms in total. The van der Waals surface area contributed by atoms with Crippen LogP contribution in [0.1, 0.15) is 22.3 Å².